The first-order valence-corrected chi connectivity index (χ1v) is 9.34. The minimum absolute atomic E-state index is 0.210. The lowest BCUT2D eigenvalue weighted by atomic mass is 10.2. The standard InChI is InChI=1S/C22H22N4O2/c1-4-14(3)28-22(27)18-19-21(25-17-11-6-5-10-16(17)24-19)26(20(18)23)15-9-7-8-13(2)12-15/h5-12,14H,4,23H2,1-3H3/t14-/m1/s1. The molecule has 142 valence electrons. The first-order valence-electron chi connectivity index (χ1n) is 9.34. The van der Waals surface area contributed by atoms with Crippen molar-refractivity contribution in [3.63, 3.8) is 0 Å². The summed E-state index contributed by atoms with van der Waals surface area (Å²) in [5.74, 6) is -0.197. The molecule has 0 spiro atoms. The number of carbonyl (C=O) groups excluding carboxylic acids is 1. The molecule has 0 amide bonds. The van der Waals surface area contributed by atoms with Gasteiger partial charge in [-0.05, 0) is 50.1 Å². The van der Waals surface area contributed by atoms with Crippen molar-refractivity contribution < 1.29 is 9.53 Å². The Kier molecular flexibility index (Phi) is 4.47. The highest BCUT2D eigenvalue weighted by molar-refractivity contribution is 6.09. The second kappa shape index (κ2) is 6.96. The van der Waals surface area contributed by atoms with E-state index in [-0.39, 0.29) is 17.5 Å². The van der Waals surface area contributed by atoms with E-state index < -0.39 is 5.97 Å². The highest BCUT2D eigenvalue weighted by atomic mass is 16.5. The number of hydrogen-bond acceptors (Lipinski definition) is 5. The number of ether oxygens (including phenoxy) is 1. The van der Waals surface area contributed by atoms with E-state index in [0.29, 0.717) is 16.7 Å². The average molecular weight is 374 g/mol. The molecule has 0 saturated carbocycles. The Morgan fingerprint density at radius 2 is 1.86 bits per heavy atom. The number of nitrogens with zero attached hydrogens (tertiary/aromatic N) is 3. The second-order valence-electron chi connectivity index (χ2n) is 6.94. The first kappa shape index (κ1) is 18.0. The van der Waals surface area contributed by atoms with Gasteiger partial charge in [-0.2, -0.15) is 0 Å². The number of carbonyl (C=O) groups is 1. The third-order valence-corrected chi connectivity index (χ3v) is 4.84. The van der Waals surface area contributed by atoms with Crippen LogP contribution in [0.5, 0.6) is 0 Å². The molecule has 0 radical (unpaired) electrons. The Bertz CT molecular complexity index is 1200. The highest BCUT2D eigenvalue weighted by Crippen LogP contribution is 2.32. The molecule has 2 aromatic carbocycles. The predicted molar refractivity (Wildman–Crippen MR) is 111 cm³/mol. The van der Waals surface area contributed by atoms with Gasteiger partial charge in [-0.3, -0.25) is 4.57 Å². The summed E-state index contributed by atoms with van der Waals surface area (Å²) in [6, 6.07) is 15.4. The molecular weight excluding hydrogens is 352 g/mol. The molecule has 1 atom stereocenters. The van der Waals surface area contributed by atoms with Crippen molar-refractivity contribution >= 4 is 34.0 Å². The topological polar surface area (TPSA) is 83.0 Å². The van der Waals surface area contributed by atoms with Crippen LogP contribution in [0.3, 0.4) is 0 Å². The van der Waals surface area contributed by atoms with Gasteiger partial charge in [0, 0.05) is 5.69 Å². The van der Waals surface area contributed by atoms with E-state index in [4.69, 9.17) is 20.4 Å². The molecular formula is C22H22N4O2. The maximum absolute atomic E-state index is 12.9. The van der Waals surface area contributed by atoms with E-state index in [9.17, 15) is 4.79 Å². The zero-order chi connectivity index (χ0) is 19.8. The molecule has 4 rings (SSSR count). The number of hydrogen-bond donors (Lipinski definition) is 1. The SMILES string of the molecule is CC[C@@H](C)OC(=O)c1c(N)n(-c2cccc(C)c2)c2nc3ccccc3nc12. The van der Waals surface area contributed by atoms with Gasteiger partial charge >= 0.3 is 5.97 Å². The number of aryl methyl sites for hydroxylation is 1. The summed E-state index contributed by atoms with van der Waals surface area (Å²) in [6.07, 6.45) is 0.509. The van der Waals surface area contributed by atoms with Crippen LogP contribution < -0.4 is 5.73 Å². The number of nitrogens with two attached hydrogens (primary N) is 1. The largest absolute Gasteiger partial charge is 0.459 e. The monoisotopic (exact) mass is 374 g/mol. The summed E-state index contributed by atoms with van der Waals surface area (Å²) in [4.78, 5) is 22.4. The van der Waals surface area contributed by atoms with Crippen LogP contribution in [-0.4, -0.2) is 26.6 Å². The van der Waals surface area contributed by atoms with Crippen LogP contribution in [0.2, 0.25) is 0 Å². The van der Waals surface area contributed by atoms with Gasteiger partial charge < -0.3 is 10.5 Å². The number of aromatic nitrogens is 3. The fourth-order valence-electron chi connectivity index (χ4n) is 3.22. The lowest BCUT2D eigenvalue weighted by Gasteiger charge is -2.11. The fraction of sp³-hybridized carbons (Fsp3) is 0.227. The molecule has 0 bridgehead atoms. The summed E-state index contributed by atoms with van der Waals surface area (Å²) in [5, 5.41) is 0. The number of benzene rings is 2. The van der Waals surface area contributed by atoms with Crippen molar-refractivity contribution in [2.24, 2.45) is 0 Å². The minimum atomic E-state index is -0.479. The van der Waals surface area contributed by atoms with E-state index in [1.54, 1.807) is 4.57 Å². The van der Waals surface area contributed by atoms with Gasteiger partial charge in [-0.15, -0.1) is 0 Å². The summed E-state index contributed by atoms with van der Waals surface area (Å²) < 4.78 is 7.33. The Hall–Kier alpha value is -3.41. The van der Waals surface area contributed by atoms with Gasteiger partial charge in [0.25, 0.3) is 0 Å². The fourth-order valence-corrected chi connectivity index (χ4v) is 3.22. The zero-order valence-electron chi connectivity index (χ0n) is 16.1. The Morgan fingerprint density at radius 3 is 2.54 bits per heavy atom. The number of fused-ring (bicyclic) bond motifs is 2. The lowest BCUT2D eigenvalue weighted by Crippen LogP contribution is -2.15. The maximum atomic E-state index is 12.9. The molecule has 0 fully saturated rings. The molecule has 28 heavy (non-hydrogen) atoms. The van der Waals surface area contributed by atoms with E-state index >= 15 is 0 Å². The lowest BCUT2D eigenvalue weighted by molar-refractivity contribution is 0.0338. The van der Waals surface area contributed by atoms with E-state index in [0.717, 1.165) is 23.2 Å². The highest BCUT2D eigenvalue weighted by Gasteiger charge is 2.26. The van der Waals surface area contributed by atoms with Crippen molar-refractivity contribution in [3.8, 4) is 5.69 Å². The van der Waals surface area contributed by atoms with Crippen LogP contribution in [0.15, 0.2) is 48.5 Å². The number of para-hydroxylation sites is 2. The van der Waals surface area contributed by atoms with Crippen LogP contribution in [0.4, 0.5) is 5.82 Å². The van der Waals surface area contributed by atoms with Crippen molar-refractivity contribution in [1.82, 2.24) is 14.5 Å². The van der Waals surface area contributed by atoms with Gasteiger partial charge in [-0.25, -0.2) is 14.8 Å². The smallest absolute Gasteiger partial charge is 0.344 e. The van der Waals surface area contributed by atoms with Gasteiger partial charge in [0.2, 0.25) is 0 Å². The van der Waals surface area contributed by atoms with Crippen LogP contribution in [0, 0.1) is 6.92 Å². The summed E-state index contributed by atoms with van der Waals surface area (Å²) >= 11 is 0. The maximum Gasteiger partial charge on any atom is 0.344 e. The second-order valence-corrected chi connectivity index (χ2v) is 6.94. The molecule has 0 saturated heterocycles. The molecule has 0 aliphatic heterocycles. The molecule has 0 aliphatic carbocycles. The molecule has 0 aliphatic rings. The molecule has 2 N–H and O–H groups in total. The van der Waals surface area contributed by atoms with Crippen LogP contribution in [-0.2, 0) is 4.74 Å². The third kappa shape index (κ3) is 2.97. The van der Waals surface area contributed by atoms with E-state index in [2.05, 4.69) is 0 Å². The van der Waals surface area contributed by atoms with Gasteiger partial charge in [-0.1, -0.05) is 31.2 Å². The van der Waals surface area contributed by atoms with Gasteiger partial charge in [0.15, 0.2) is 5.65 Å². The molecule has 6 heteroatoms. The Balaban J connectivity index is 2.04. The zero-order valence-corrected chi connectivity index (χ0v) is 16.1. The first-order chi connectivity index (χ1) is 13.5. The molecule has 2 heterocycles. The number of esters is 1. The number of rotatable bonds is 4. The van der Waals surface area contributed by atoms with Crippen LogP contribution in [0.1, 0.15) is 36.2 Å². The third-order valence-electron chi connectivity index (χ3n) is 4.84. The van der Waals surface area contributed by atoms with Crippen molar-refractivity contribution in [2.45, 2.75) is 33.3 Å². The Morgan fingerprint density at radius 1 is 1.14 bits per heavy atom. The quantitative estimate of drug-likeness (QED) is 0.535. The summed E-state index contributed by atoms with van der Waals surface area (Å²) in [6.45, 7) is 5.82. The van der Waals surface area contributed by atoms with Crippen molar-refractivity contribution in [3.05, 3.63) is 59.7 Å². The average Bonchev–Trinajstić information content (AvgIpc) is 2.96. The normalized spacial score (nSPS) is 12.4. The molecule has 6 nitrogen and oxygen atoms in total. The van der Waals surface area contributed by atoms with Crippen LogP contribution >= 0.6 is 0 Å². The minimum Gasteiger partial charge on any atom is -0.459 e. The Labute approximate surface area is 163 Å². The molecule has 0 unspecified atom stereocenters. The number of nitrogen functional groups attached to an aromatic ring is 1. The molecule has 2 aromatic heterocycles. The van der Waals surface area contributed by atoms with Gasteiger partial charge in [0.1, 0.15) is 16.9 Å². The van der Waals surface area contributed by atoms with E-state index in [1.807, 2.05) is 69.3 Å². The summed E-state index contributed by atoms with van der Waals surface area (Å²) in [7, 11) is 0. The van der Waals surface area contributed by atoms with Crippen molar-refractivity contribution in [2.75, 3.05) is 5.73 Å². The molecule has 4 aromatic rings. The summed E-state index contributed by atoms with van der Waals surface area (Å²) in [5.41, 5.74) is 11.1. The van der Waals surface area contributed by atoms with E-state index in [1.165, 1.54) is 0 Å². The number of anilines is 1. The van der Waals surface area contributed by atoms with Crippen LogP contribution in [0.25, 0.3) is 27.9 Å². The van der Waals surface area contributed by atoms with Gasteiger partial charge in [0.05, 0.1) is 17.1 Å². The van der Waals surface area contributed by atoms with Crippen molar-refractivity contribution in [1.29, 1.82) is 0 Å². The predicted octanol–water partition coefficient (Wildman–Crippen LogP) is 4.42.